The quantitative estimate of drug-likeness (QED) is 0.864. The van der Waals surface area contributed by atoms with Crippen molar-refractivity contribution in [2.24, 2.45) is 0 Å². The van der Waals surface area contributed by atoms with E-state index in [-0.39, 0.29) is 12.3 Å². The maximum atomic E-state index is 11.7. The molecule has 17 heavy (non-hydrogen) atoms. The normalized spacial score (nSPS) is 10.2. The first-order valence-electron chi connectivity index (χ1n) is 5.05. The average molecular weight is 248 g/mol. The predicted octanol–water partition coefficient (Wildman–Crippen LogP) is 1.61. The molecule has 0 unspecified atom stereocenters. The van der Waals surface area contributed by atoms with Crippen LogP contribution >= 0.6 is 11.3 Å². The Balaban J connectivity index is 2.01. The molecule has 0 aliphatic carbocycles. The summed E-state index contributed by atoms with van der Waals surface area (Å²) in [5.74, 6) is -0.119. The van der Waals surface area contributed by atoms with Gasteiger partial charge in [0.2, 0.25) is 5.91 Å². The number of nitrogen functional groups attached to an aromatic ring is 1. The van der Waals surface area contributed by atoms with Crippen LogP contribution in [-0.2, 0) is 11.2 Å². The minimum atomic E-state index is -0.119. The first-order valence-corrected chi connectivity index (χ1v) is 5.93. The third-order valence-electron chi connectivity index (χ3n) is 2.22. The van der Waals surface area contributed by atoms with Gasteiger partial charge in [0, 0.05) is 11.6 Å². The standard InChI is InChI=1S/C11H12N4OS/c1-7-2-3-13-5-9(7)15-10(16)4-8-6-17-11(12)14-8/h2-3,5-6H,4H2,1H3,(H2,12,14)(H,15,16). The first kappa shape index (κ1) is 11.5. The molecule has 2 heterocycles. The molecule has 5 nitrogen and oxygen atoms in total. The third-order valence-corrected chi connectivity index (χ3v) is 2.95. The molecular weight excluding hydrogens is 236 g/mol. The maximum Gasteiger partial charge on any atom is 0.230 e. The van der Waals surface area contributed by atoms with Gasteiger partial charge in [-0.25, -0.2) is 4.98 Å². The second-order valence-corrected chi connectivity index (χ2v) is 4.48. The van der Waals surface area contributed by atoms with Gasteiger partial charge in [0.15, 0.2) is 5.13 Å². The molecule has 0 saturated heterocycles. The zero-order valence-electron chi connectivity index (χ0n) is 9.30. The number of nitrogens with one attached hydrogen (secondary N) is 1. The molecule has 0 spiro atoms. The van der Waals surface area contributed by atoms with Crippen molar-refractivity contribution in [2.45, 2.75) is 13.3 Å². The molecule has 2 aromatic rings. The molecule has 1 amide bonds. The highest BCUT2D eigenvalue weighted by atomic mass is 32.1. The number of carbonyl (C=O) groups is 1. The van der Waals surface area contributed by atoms with Crippen LogP contribution in [-0.4, -0.2) is 15.9 Å². The number of carbonyl (C=O) groups excluding carboxylic acids is 1. The van der Waals surface area contributed by atoms with Gasteiger partial charge in [-0.15, -0.1) is 11.3 Å². The van der Waals surface area contributed by atoms with Crippen LogP contribution in [0.5, 0.6) is 0 Å². The van der Waals surface area contributed by atoms with E-state index in [1.807, 2.05) is 13.0 Å². The van der Waals surface area contributed by atoms with E-state index in [9.17, 15) is 4.79 Å². The molecule has 3 N–H and O–H groups in total. The predicted molar refractivity (Wildman–Crippen MR) is 67.8 cm³/mol. The Hall–Kier alpha value is -1.95. The SMILES string of the molecule is Cc1ccncc1NC(=O)Cc1csc(N)n1. The molecule has 6 heteroatoms. The van der Waals surface area contributed by atoms with E-state index in [0.29, 0.717) is 10.8 Å². The molecule has 0 aromatic carbocycles. The molecule has 0 fully saturated rings. The summed E-state index contributed by atoms with van der Waals surface area (Å²) in [5, 5.41) is 5.05. The van der Waals surface area contributed by atoms with Gasteiger partial charge in [0.05, 0.1) is 24.0 Å². The number of aromatic nitrogens is 2. The van der Waals surface area contributed by atoms with Crippen LogP contribution in [0.1, 0.15) is 11.3 Å². The molecule has 0 bridgehead atoms. The van der Waals surface area contributed by atoms with Crippen molar-refractivity contribution in [3.8, 4) is 0 Å². The number of aryl methyl sites for hydroxylation is 1. The van der Waals surface area contributed by atoms with E-state index in [1.54, 1.807) is 17.8 Å². The minimum absolute atomic E-state index is 0.119. The number of amides is 1. The number of hydrogen-bond acceptors (Lipinski definition) is 5. The van der Waals surface area contributed by atoms with E-state index in [1.165, 1.54) is 11.3 Å². The highest BCUT2D eigenvalue weighted by molar-refractivity contribution is 7.13. The number of nitrogens with zero attached hydrogens (tertiary/aromatic N) is 2. The largest absolute Gasteiger partial charge is 0.375 e. The lowest BCUT2D eigenvalue weighted by Crippen LogP contribution is -2.15. The molecule has 2 rings (SSSR count). The fourth-order valence-electron chi connectivity index (χ4n) is 1.36. The Morgan fingerprint density at radius 2 is 2.41 bits per heavy atom. The zero-order chi connectivity index (χ0) is 12.3. The molecule has 0 aliphatic heterocycles. The Morgan fingerprint density at radius 3 is 3.06 bits per heavy atom. The topological polar surface area (TPSA) is 80.9 Å². The second-order valence-electron chi connectivity index (χ2n) is 3.59. The molecule has 0 radical (unpaired) electrons. The van der Waals surface area contributed by atoms with Gasteiger partial charge in [-0.05, 0) is 18.6 Å². The van der Waals surface area contributed by atoms with Gasteiger partial charge >= 0.3 is 0 Å². The van der Waals surface area contributed by atoms with Crippen molar-refractivity contribution in [1.82, 2.24) is 9.97 Å². The van der Waals surface area contributed by atoms with E-state index in [2.05, 4.69) is 15.3 Å². The number of nitrogens with two attached hydrogens (primary N) is 1. The lowest BCUT2D eigenvalue weighted by atomic mass is 10.2. The Labute approximate surface area is 103 Å². The molecule has 0 saturated carbocycles. The number of thiazole rings is 1. The number of anilines is 2. The van der Waals surface area contributed by atoms with Gasteiger partial charge in [-0.3, -0.25) is 9.78 Å². The molecule has 2 aromatic heterocycles. The lowest BCUT2D eigenvalue weighted by Gasteiger charge is -2.06. The summed E-state index contributed by atoms with van der Waals surface area (Å²) in [6.07, 6.45) is 3.54. The van der Waals surface area contributed by atoms with Crippen molar-refractivity contribution < 1.29 is 4.79 Å². The lowest BCUT2D eigenvalue weighted by molar-refractivity contribution is -0.115. The monoisotopic (exact) mass is 248 g/mol. The number of hydrogen-bond donors (Lipinski definition) is 2. The van der Waals surface area contributed by atoms with E-state index >= 15 is 0 Å². The fourth-order valence-corrected chi connectivity index (χ4v) is 1.92. The van der Waals surface area contributed by atoms with Crippen LogP contribution in [0.4, 0.5) is 10.8 Å². The summed E-state index contributed by atoms with van der Waals surface area (Å²) in [4.78, 5) is 19.7. The van der Waals surface area contributed by atoms with Crippen LogP contribution < -0.4 is 11.1 Å². The molecule has 0 atom stereocenters. The van der Waals surface area contributed by atoms with Crippen molar-refractivity contribution in [1.29, 1.82) is 0 Å². The van der Waals surface area contributed by atoms with E-state index in [4.69, 9.17) is 5.73 Å². The average Bonchev–Trinajstić information content (AvgIpc) is 2.67. The Bertz CT molecular complexity index is 538. The summed E-state index contributed by atoms with van der Waals surface area (Å²) in [6, 6.07) is 1.84. The van der Waals surface area contributed by atoms with E-state index in [0.717, 1.165) is 11.3 Å². The minimum Gasteiger partial charge on any atom is -0.375 e. The summed E-state index contributed by atoms with van der Waals surface area (Å²) >= 11 is 1.33. The smallest absolute Gasteiger partial charge is 0.230 e. The van der Waals surface area contributed by atoms with Gasteiger partial charge in [0.1, 0.15) is 0 Å². The van der Waals surface area contributed by atoms with Crippen LogP contribution in [0, 0.1) is 6.92 Å². The van der Waals surface area contributed by atoms with Crippen molar-refractivity contribution in [3.05, 3.63) is 35.1 Å². The fraction of sp³-hybridized carbons (Fsp3) is 0.182. The summed E-state index contributed by atoms with van der Waals surface area (Å²) in [6.45, 7) is 1.91. The van der Waals surface area contributed by atoms with Crippen molar-refractivity contribution >= 4 is 28.1 Å². The number of rotatable bonds is 3. The van der Waals surface area contributed by atoms with Gasteiger partial charge in [0.25, 0.3) is 0 Å². The first-order chi connectivity index (χ1) is 8.15. The van der Waals surface area contributed by atoms with Crippen molar-refractivity contribution in [2.75, 3.05) is 11.1 Å². The molecular formula is C11H12N4OS. The van der Waals surface area contributed by atoms with Crippen LogP contribution in [0.15, 0.2) is 23.8 Å². The Kier molecular flexibility index (Phi) is 3.34. The molecule has 0 aliphatic rings. The second kappa shape index (κ2) is 4.92. The van der Waals surface area contributed by atoms with Crippen molar-refractivity contribution in [3.63, 3.8) is 0 Å². The highest BCUT2D eigenvalue weighted by Crippen LogP contribution is 2.14. The summed E-state index contributed by atoms with van der Waals surface area (Å²) in [5.41, 5.74) is 7.88. The van der Waals surface area contributed by atoms with Crippen LogP contribution in [0.25, 0.3) is 0 Å². The molecule has 88 valence electrons. The zero-order valence-corrected chi connectivity index (χ0v) is 10.1. The van der Waals surface area contributed by atoms with Crippen LogP contribution in [0.2, 0.25) is 0 Å². The number of pyridine rings is 1. The van der Waals surface area contributed by atoms with Gasteiger partial charge < -0.3 is 11.1 Å². The Morgan fingerprint density at radius 1 is 1.59 bits per heavy atom. The van der Waals surface area contributed by atoms with Gasteiger partial charge in [-0.1, -0.05) is 0 Å². The highest BCUT2D eigenvalue weighted by Gasteiger charge is 2.08. The summed E-state index contributed by atoms with van der Waals surface area (Å²) < 4.78 is 0. The summed E-state index contributed by atoms with van der Waals surface area (Å²) in [7, 11) is 0. The maximum absolute atomic E-state index is 11.7. The van der Waals surface area contributed by atoms with Crippen LogP contribution in [0.3, 0.4) is 0 Å². The van der Waals surface area contributed by atoms with E-state index < -0.39 is 0 Å². The van der Waals surface area contributed by atoms with Gasteiger partial charge in [-0.2, -0.15) is 0 Å². The third kappa shape index (κ3) is 3.01.